The Hall–Kier alpha value is -0.640. The fourth-order valence-corrected chi connectivity index (χ4v) is 1.64. The molecule has 2 rings (SSSR count). The smallest absolute Gasteiger partial charge is 0.188 e. The summed E-state index contributed by atoms with van der Waals surface area (Å²) in [7, 11) is 0. The van der Waals surface area contributed by atoms with Gasteiger partial charge < -0.3 is 9.47 Å². The molecule has 0 radical (unpaired) electrons. The number of halogens is 2. The van der Waals surface area contributed by atoms with Gasteiger partial charge in [0.05, 0.1) is 23.8 Å². The van der Waals surface area contributed by atoms with Crippen LogP contribution in [0.15, 0.2) is 18.2 Å². The topological polar surface area (TPSA) is 18.5 Å². The van der Waals surface area contributed by atoms with Gasteiger partial charge in [-0.3, -0.25) is 0 Å². The van der Waals surface area contributed by atoms with Crippen LogP contribution in [0.25, 0.3) is 0 Å². The van der Waals surface area contributed by atoms with E-state index in [4.69, 9.17) is 21.1 Å². The molecule has 0 saturated carbocycles. The molecule has 0 unspecified atom stereocenters. The van der Waals surface area contributed by atoms with Crippen LogP contribution in [0.4, 0.5) is 4.39 Å². The zero-order chi connectivity index (χ0) is 9.97. The van der Waals surface area contributed by atoms with Gasteiger partial charge >= 0.3 is 0 Å². The maximum absolute atomic E-state index is 13.4. The first-order valence-electron chi connectivity index (χ1n) is 4.46. The molecule has 0 N–H and O–H groups in total. The lowest BCUT2D eigenvalue weighted by atomic mass is 10.2. The highest BCUT2D eigenvalue weighted by atomic mass is 35.5. The van der Waals surface area contributed by atoms with Crippen molar-refractivity contribution >= 4 is 11.6 Å². The minimum Gasteiger partial charge on any atom is -0.348 e. The van der Waals surface area contributed by atoms with Gasteiger partial charge in [-0.1, -0.05) is 17.7 Å². The molecule has 0 amide bonds. The standard InChI is InChI=1S/C10H10ClFO2/c11-7-3-1-4-8(12)9(7)10-13-5-2-6-14-10/h1,3-4,10H,2,5-6H2. The molecule has 1 aliphatic rings. The van der Waals surface area contributed by atoms with Crippen LogP contribution in [-0.2, 0) is 9.47 Å². The Kier molecular flexibility index (Phi) is 3.01. The lowest BCUT2D eigenvalue weighted by Gasteiger charge is -2.24. The molecule has 0 aromatic heterocycles. The summed E-state index contributed by atoms with van der Waals surface area (Å²) < 4.78 is 23.9. The summed E-state index contributed by atoms with van der Waals surface area (Å²) in [4.78, 5) is 0. The predicted octanol–water partition coefficient (Wildman–Crippen LogP) is 2.91. The summed E-state index contributed by atoms with van der Waals surface area (Å²) in [6.07, 6.45) is 0.181. The summed E-state index contributed by atoms with van der Waals surface area (Å²) in [6.45, 7) is 1.16. The number of hydrogen-bond donors (Lipinski definition) is 0. The highest BCUT2D eigenvalue weighted by molar-refractivity contribution is 6.31. The number of benzene rings is 1. The fraction of sp³-hybridized carbons (Fsp3) is 0.400. The molecule has 76 valence electrons. The zero-order valence-electron chi connectivity index (χ0n) is 7.50. The van der Waals surface area contributed by atoms with E-state index in [2.05, 4.69) is 0 Å². The minimum absolute atomic E-state index is 0.300. The van der Waals surface area contributed by atoms with E-state index in [0.717, 1.165) is 6.42 Å². The number of ether oxygens (including phenoxy) is 2. The van der Waals surface area contributed by atoms with Crippen LogP contribution in [0.1, 0.15) is 18.3 Å². The first-order valence-corrected chi connectivity index (χ1v) is 4.84. The van der Waals surface area contributed by atoms with Gasteiger partial charge in [0.1, 0.15) is 5.82 Å². The second-order valence-corrected chi connectivity index (χ2v) is 3.47. The van der Waals surface area contributed by atoms with Crippen molar-refractivity contribution in [2.45, 2.75) is 12.7 Å². The normalized spacial score (nSPS) is 18.4. The maximum Gasteiger partial charge on any atom is 0.188 e. The Balaban J connectivity index is 2.29. The summed E-state index contributed by atoms with van der Waals surface area (Å²) in [5, 5.41) is 0.344. The summed E-state index contributed by atoms with van der Waals surface area (Å²) in [6, 6.07) is 4.54. The highest BCUT2D eigenvalue weighted by Gasteiger charge is 2.22. The number of rotatable bonds is 1. The first-order chi connectivity index (χ1) is 6.79. The highest BCUT2D eigenvalue weighted by Crippen LogP contribution is 2.30. The van der Waals surface area contributed by atoms with Crippen LogP contribution in [0.3, 0.4) is 0 Å². The van der Waals surface area contributed by atoms with Crippen molar-refractivity contribution in [3.8, 4) is 0 Å². The number of hydrogen-bond acceptors (Lipinski definition) is 2. The van der Waals surface area contributed by atoms with Gasteiger partial charge in [-0.15, -0.1) is 0 Å². The van der Waals surface area contributed by atoms with E-state index in [-0.39, 0.29) is 5.82 Å². The average molecular weight is 217 g/mol. The van der Waals surface area contributed by atoms with E-state index in [9.17, 15) is 4.39 Å². The van der Waals surface area contributed by atoms with Crippen LogP contribution in [0.5, 0.6) is 0 Å². The third-order valence-corrected chi connectivity index (χ3v) is 2.39. The van der Waals surface area contributed by atoms with Crippen molar-refractivity contribution in [3.05, 3.63) is 34.6 Å². The molecule has 2 nitrogen and oxygen atoms in total. The Bertz CT molecular complexity index is 304. The van der Waals surface area contributed by atoms with Crippen molar-refractivity contribution in [3.63, 3.8) is 0 Å². The zero-order valence-corrected chi connectivity index (χ0v) is 8.26. The minimum atomic E-state index is -0.655. The average Bonchev–Trinajstić information content (AvgIpc) is 2.19. The van der Waals surface area contributed by atoms with E-state index >= 15 is 0 Å². The van der Waals surface area contributed by atoms with Crippen molar-refractivity contribution in [1.82, 2.24) is 0 Å². The second kappa shape index (κ2) is 4.26. The molecule has 0 aliphatic carbocycles. The maximum atomic E-state index is 13.4. The van der Waals surface area contributed by atoms with E-state index in [0.29, 0.717) is 23.8 Å². The van der Waals surface area contributed by atoms with Crippen LogP contribution in [0.2, 0.25) is 5.02 Å². The van der Waals surface area contributed by atoms with Crippen molar-refractivity contribution < 1.29 is 13.9 Å². The Morgan fingerprint density at radius 1 is 1.29 bits per heavy atom. The molecule has 1 saturated heterocycles. The molecule has 0 atom stereocenters. The van der Waals surface area contributed by atoms with Gasteiger partial charge in [0.25, 0.3) is 0 Å². The molecule has 1 aromatic rings. The summed E-state index contributed by atoms with van der Waals surface area (Å²) in [5.41, 5.74) is 0.300. The van der Waals surface area contributed by atoms with E-state index < -0.39 is 6.29 Å². The Labute approximate surface area is 86.6 Å². The van der Waals surface area contributed by atoms with Crippen LogP contribution in [0, 0.1) is 5.82 Å². The molecule has 0 spiro atoms. The Morgan fingerprint density at radius 3 is 2.64 bits per heavy atom. The third-order valence-electron chi connectivity index (χ3n) is 2.06. The molecular weight excluding hydrogens is 207 g/mol. The lowest BCUT2D eigenvalue weighted by molar-refractivity contribution is -0.184. The Morgan fingerprint density at radius 2 is 2.00 bits per heavy atom. The summed E-state index contributed by atoms with van der Waals surface area (Å²) in [5.74, 6) is -0.385. The van der Waals surface area contributed by atoms with Gasteiger partial charge in [-0.2, -0.15) is 0 Å². The predicted molar refractivity (Wildman–Crippen MR) is 50.7 cm³/mol. The molecule has 1 fully saturated rings. The van der Waals surface area contributed by atoms with E-state index in [1.165, 1.54) is 6.07 Å². The monoisotopic (exact) mass is 216 g/mol. The van der Waals surface area contributed by atoms with Crippen LogP contribution < -0.4 is 0 Å². The van der Waals surface area contributed by atoms with E-state index in [1.54, 1.807) is 12.1 Å². The molecular formula is C10H10ClFO2. The molecule has 1 heterocycles. The molecule has 14 heavy (non-hydrogen) atoms. The van der Waals surface area contributed by atoms with Gasteiger partial charge in [-0.05, 0) is 18.6 Å². The molecule has 4 heteroatoms. The van der Waals surface area contributed by atoms with E-state index in [1.807, 2.05) is 0 Å². The fourth-order valence-electron chi connectivity index (χ4n) is 1.39. The molecule has 0 bridgehead atoms. The third kappa shape index (κ3) is 1.90. The second-order valence-electron chi connectivity index (χ2n) is 3.06. The van der Waals surface area contributed by atoms with Gasteiger partial charge in [-0.25, -0.2) is 4.39 Å². The molecule has 1 aliphatic heterocycles. The van der Waals surface area contributed by atoms with Gasteiger partial charge in [0.2, 0.25) is 0 Å². The van der Waals surface area contributed by atoms with Gasteiger partial charge in [0.15, 0.2) is 6.29 Å². The first kappa shape index (κ1) is 9.90. The van der Waals surface area contributed by atoms with Crippen LogP contribution in [-0.4, -0.2) is 13.2 Å². The quantitative estimate of drug-likeness (QED) is 0.719. The van der Waals surface area contributed by atoms with Crippen molar-refractivity contribution in [1.29, 1.82) is 0 Å². The summed E-state index contributed by atoms with van der Waals surface area (Å²) >= 11 is 5.86. The largest absolute Gasteiger partial charge is 0.348 e. The van der Waals surface area contributed by atoms with Crippen molar-refractivity contribution in [2.24, 2.45) is 0 Å². The molecule has 1 aromatic carbocycles. The lowest BCUT2D eigenvalue weighted by Crippen LogP contribution is -2.19. The SMILES string of the molecule is Fc1cccc(Cl)c1C1OCCCO1. The van der Waals surface area contributed by atoms with Crippen molar-refractivity contribution in [2.75, 3.05) is 13.2 Å². The van der Waals surface area contributed by atoms with Gasteiger partial charge in [0, 0.05) is 0 Å². The van der Waals surface area contributed by atoms with Crippen LogP contribution >= 0.6 is 11.6 Å².